The first-order chi connectivity index (χ1) is 6.50. The maximum Gasteiger partial charge on any atom is 0.240 e. The summed E-state index contributed by atoms with van der Waals surface area (Å²) in [6.07, 6.45) is 0.909. The van der Waals surface area contributed by atoms with Crippen LogP contribution in [0.1, 0.15) is 5.56 Å². The highest BCUT2D eigenvalue weighted by Gasteiger charge is 2.21. The molecule has 0 heterocycles. The topological polar surface area (TPSA) is 29.4 Å². The molecule has 0 N–H and O–H groups in total. The minimum atomic E-state index is -1.55. The fourth-order valence-corrected chi connectivity index (χ4v) is 1.05. The van der Waals surface area contributed by atoms with E-state index >= 15 is 0 Å². The van der Waals surface area contributed by atoms with Crippen molar-refractivity contribution in [3.8, 4) is 0 Å². The van der Waals surface area contributed by atoms with Crippen molar-refractivity contribution >= 4 is 23.4 Å². The van der Waals surface area contributed by atoms with Crippen LogP contribution >= 0.6 is 11.6 Å². The average Bonchev–Trinajstić information content (AvgIpc) is 2.19. The van der Waals surface area contributed by atoms with Crippen LogP contribution in [0, 0.1) is 24.4 Å². The Morgan fingerprint density at radius 1 is 1.21 bits per heavy atom. The van der Waals surface area contributed by atoms with Crippen LogP contribution in [0.15, 0.2) is 4.99 Å². The third-order valence-corrected chi connectivity index (χ3v) is 2.07. The number of hydrogen-bond donors (Lipinski definition) is 0. The van der Waals surface area contributed by atoms with Gasteiger partial charge in [-0.3, -0.25) is 0 Å². The van der Waals surface area contributed by atoms with Gasteiger partial charge in [0.2, 0.25) is 6.08 Å². The molecule has 0 aliphatic carbocycles. The fraction of sp³-hybridized carbons (Fsp3) is 0.125. The Labute approximate surface area is 82.0 Å². The Morgan fingerprint density at radius 2 is 1.79 bits per heavy atom. The number of hydrogen-bond acceptors (Lipinski definition) is 2. The molecule has 1 aromatic carbocycles. The molecule has 74 valence electrons. The Balaban J connectivity index is 3.67. The van der Waals surface area contributed by atoms with Gasteiger partial charge in [0.1, 0.15) is 0 Å². The monoisotopic (exact) mass is 221 g/mol. The van der Waals surface area contributed by atoms with Crippen LogP contribution < -0.4 is 0 Å². The molecular weight excluding hydrogens is 219 g/mol. The summed E-state index contributed by atoms with van der Waals surface area (Å²) in [5, 5.41) is -0.599. The number of carbonyl (C=O) groups excluding carboxylic acids is 1. The lowest BCUT2D eigenvalue weighted by Crippen LogP contribution is -1.95. The van der Waals surface area contributed by atoms with Gasteiger partial charge in [0.25, 0.3) is 0 Å². The molecule has 0 amide bonds. The number of nitrogens with zero attached hydrogens (tertiary/aromatic N) is 1. The summed E-state index contributed by atoms with van der Waals surface area (Å²) >= 11 is 5.32. The van der Waals surface area contributed by atoms with Crippen molar-refractivity contribution in [2.45, 2.75) is 6.92 Å². The molecule has 1 aromatic rings. The van der Waals surface area contributed by atoms with Crippen LogP contribution in [0.2, 0.25) is 5.02 Å². The highest BCUT2D eigenvalue weighted by Crippen LogP contribution is 2.33. The van der Waals surface area contributed by atoms with Crippen molar-refractivity contribution in [3.05, 3.63) is 28.0 Å². The summed E-state index contributed by atoms with van der Waals surface area (Å²) < 4.78 is 39.0. The molecule has 0 saturated heterocycles. The highest BCUT2D eigenvalue weighted by molar-refractivity contribution is 6.31. The van der Waals surface area contributed by atoms with Gasteiger partial charge in [-0.15, -0.1) is 0 Å². The predicted octanol–water partition coefficient (Wildman–Crippen LogP) is 3.03. The number of aliphatic imine (C=N–C) groups is 1. The summed E-state index contributed by atoms with van der Waals surface area (Å²) in [4.78, 5) is 12.5. The Morgan fingerprint density at radius 3 is 2.29 bits per heavy atom. The molecule has 2 nitrogen and oxygen atoms in total. The van der Waals surface area contributed by atoms with Crippen LogP contribution in [0.3, 0.4) is 0 Å². The van der Waals surface area contributed by atoms with Gasteiger partial charge in [-0.2, -0.15) is 4.99 Å². The zero-order valence-corrected chi connectivity index (χ0v) is 7.62. The Kier molecular flexibility index (Phi) is 2.93. The largest absolute Gasteiger partial charge is 0.240 e. The SMILES string of the molecule is Cc1c(F)c(F)c(N=C=O)c(F)c1Cl. The van der Waals surface area contributed by atoms with E-state index in [0.29, 0.717) is 0 Å². The zero-order chi connectivity index (χ0) is 10.9. The molecule has 0 aliphatic rings. The summed E-state index contributed by atoms with van der Waals surface area (Å²) in [7, 11) is 0. The first-order valence-corrected chi connectivity index (χ1v) is 3.79. The van der Waals surface area contributed by atoms with Gasteiger partial charge in [-0.25, -0.2) is 18.0 Å². The summed E-state index contributed by atoms with van der Waals surface area (Å²) in [5.74, 6) is -4.15. The smallest absolute Gasteiger partial charge is 0.211 e. The van der Waals surface area contributed by atoms with Crippen LogP contribution in [0.25, 0.3) is 0 Å². The van der Waals surface area contributed by atoms with Crippen molar-refractivity contribution in [1.82, 2.24) is 0 Å². The quantitative estimate of drug-likeness (QED) is 0.407. The minimum Gasteiger partial charge on any atom is -0.211 e. The van der Waals surface area contributed by atoms with E-state index in [1.54, 1.807) is 0 Å². The van der Waals surface area contributed by atoms with Gasteiger partial charge < -0.3 is 0 Å². The second-order valence-corrected chi connectivity index (χ2v) is 2.81. The Bertz CT molecular complexity index is 412. The number of rotatable bonds is 1. The van der Waals surface area contributed by atoms with Crippen LogP contribution in [0.4, 0.5) is 18.9 Å². The lowest BCUT2D eigenvalue weighted by atomic mass is 10.2. The number of benzene rings is 1. The normalized spacial score (nSPS) is 9.79. The zero-order valence-electron chi connectivity index (χ0n) is 6.87. The second-order valence-electron chi connectivity index (χ2n) is 2.43. The first-order valence-electron chi connectivity index (χ1n) is 3.41. The molecule has 0 bridgehead atoms. The standard InChI is InChI=1S/C8H3ClF3NO/c1-3-4(9)6(11)8(13-2-14)7(12)5(3)10/h1H3. The highest BCUT2D eigenvalue weighted by atomic mass is 35.5. The molecule has 14 heavy (non-hydrogen) atoms. The van der Waals surface area contributed by atoms with Crippen LogP contribution in [-0.2, 0) is 4.79 Å². The van der Waals surface area contributed by atoms with E-state index in [9.17, 15) is 18.0 Å². The molecule has 0 spiro atoms. The van der Waals surface area contributed by atoms with Gasteiger partial charge in [-0.1, -0.05) is 11.6 Å². The summed E-state index contributed by atoms with van der Waals surface area (Å²) in [6.45, 7) is 1.11. The van der Waals surface area contributed by atoms with E-state index in [1.165, 1.54) is 0 Å². The van der Waals surface area contributed by atoms with Crippen molar-refractivity contribution in [1.29, 1.82) is 0 Å². The van der Waals surface area contributed by atoms with Gasteiger partial charge in [-0.05, 0) is 6.92 Å². The van der Waals surface area contributed by atoms with E-state index < -0.39 is 28.2 Å². The first kappa shape index (κ1) is 10.8. The minimum absolute atomic E-state index is 0.369. The van der Waals surface area contributed by atoms with Gasteiger partial charge in [0.05, 0.1) is 5.02 Å². The third-order valence-electron chi connectivity index (χ3n) is 1.62. The van der Waals surface area contributed by atoms with Gasteiger partial charge >= 0.3 is 0 Å². The molecular formula is C8H3ClF3NO. The predicted molar refractivity (Wildman–Crippen MR) is 43.8 cm³/mol. The summed E-state index contributed by atoms with van der Waals surface area (Å²) in [5.41, 5.74) is -1.43. The maximum absolute atomic E-state index is 13.1. The molecule has 0 aromatic heterocycles. The van der Waals surface area contributed by atoms with Gasteiger partial charge in [0, 0.05) is 5.56 Å². The van der Waals surface area contributed by atoms with Gasteiger partial charge in [0.15, 0.2) is 23.1 Å². The lowest BCUT2D eigenvalue weighted by Gasteiger charge is -2.05. The number of halogens is 4. The fourth-order valence-electron chi connectivity index (χ4n) is 0.874. The van der Waals surface area contributed by atoms with E-state index in [0.717, 1.165) is 13.0 Å². The molecule has 0 radical (unpaired) electrons. The molecule has 0 saturated carbocycles. The van der Waals surface area contributed by atoms with E-state index in [1.807, 2.05) is 0 Å². The van der Waals surface area contributed by atoms with Crippen LogP contribution in [0.5, 0.6) is 0 Å². The van der Waals surface area contributed by atoms with Crippen molar-refractivity contribution in [2.75, 3.05) is 0 Å². The average molecular weight is 222 g/mol. The molecule has 0 aliphatic heterocycles. The molecule has 0 atom stereocenters. The van der Waals surface area contributed by atoms with Crippen molar-refractivity contribution < 1.29 is 18.0 Å². The second kappa shape index (κ2) is 3.82. The Hall–Kier alpha value is -1.32. The molecule has 0 unspecified atom stereocenters. The number of isocyanates is 1. The van der Waals surface area contributed by atoms with E-state index in [-0.39, 0.29) is 5.56 Å². The van der Waals surface area contributed by atoms with E-state index in [2.05, 4.69) is 4.99 Å². The summed E-state index contributed by atoms with van der Waals surface area (Å²) in [6, 6.07) is 0. The third kappa shape index (κ3) is 1.52. The molecule has 1 rings (SSSR count). The maximum atomic E-state index is 13.1. The molecule has 0 fully saturated rings. The van der Waals surface area contributed by atoms with Crippen molar-refractivity contribution in [2.24, 2.45) is 4.99 Å². The van der Waals surface area contributed by atoms with Crippen molar-refractivity contribution in [3.63, 3.8) is 0 Å². The van der Waals surface area contributed by atoms with Crippen LogP contribution in [-0.4, -0.2) is 6.08 Å². The lowest BCUT2D eigenvalue weighted by molar-refractivity contribution is 0.492. The molecule has 6 heteroatoms. The van der Waals surface area contributed by atoms with E-state index in [4.69, 9.17) is 11.6 Å².